The fourth-order valence-corrected chi connectivity index (χ4v) is 3.36. The van der Waals surface area contributed by atoms with Gasteiger partial charge in [-0.05, 0) is 62.4 Å². The molecule has 1 saturated heterocycles. The SMILES string of the molecule is Cc1ccc(C(=O)NC(C(C)C)C2CCCNC2)cc1Br. The molecule has 1 aliphatic heterocycles. The number of piperidine rings is 1. The average Bonchev–Trinajstić information content (AvgIpc) is 2.48. The molecule has 1 aliphatic rings. The Morgan fingerprint density at radius 3 is 2.76 bits per heavy atom. The van der Waals surface area contributed by atoms with Crippen molar-refractivity contribution in [2.45, 2.75) is 39.7 Å². The predicted octanol–water partition coefficient (Wildman–Crippen LogP) is 3.51. The first-order chi connectivity index (χ1) is 9.99. The van der Waals surface area contributed by atoms with Crippen LogP contribution >= 0.6 is 15.9 Å². The van der Waals surface area contributed by atoms with E-state index in [4.69, 9.17) is 0 Å². The molecule has 4 heteroatoms. The molecule has 116 valence electrons. The molecular weight excluding hydrogens is 328 g/mol. The quantitative estimate of drug-likeness (QED) is 0.870. The lowest BCUT2D eigenvalue weighted by Crippen LogP contribution is -2.48. The first kappa shape index (κ1) is 16.5. The van der Waals surface area contributed by atoms with Crippen molar-refractivity contribution in [2.75, 3.05) is 13.1 Å². The first-order valence-corrected chi connectivity index (χ1v) is 8.56. The van der Waals surface area contributed by atoms with Gasteiger partial charge < -0.3 is 10.6 Å². The van der Waals surface area contributed by atoms with Crippen LogP contribution in [0, 0.1) is 18.8 Å². The summed E-state index contributed by atoms with van der Waals surface area (Å²) in [5.41, 5.74) is 1.87. The zero-order valence-electron chi connectivity index (χ0n) is 13.1. The number of nitrogens with one attached hydrogen (secondary N) is 2. The molecule has 0 bridgehead atoms. The van der Waals surface area contributed by atoms with Gasteiger partial charge in [0.05, 0.1) is 0 Å². The van der Waals surface area contributed by atoms with Crippen LogP contribution in [-0.4, -0.2) is 25.0 Å². The van der Waals surface area contributed by atoms with Gasteiger partial charge in [0.1, 0.15) is 0 Å². The highest BCUT2D eigenvalue weighted by molar-refractivity contribution is 9.10. The number of rotatable bonds is 4. The molecule has 0 aliphatic carbocycles. The summed E-state index contributed by atoms with van der Waals surface area (Å²) in [4.78, 5) is 12.5. The van der Waals surface area contributed by atoms with Crippen molar-refractivity contribution in [3.8, 4) is 0 Å². The van der Waals surface area contributed by atoms with Gasteiger partial charge in [0.15, 0.2) is 0 Å². The van der Waals surface area contributed by atoms with Gasteiger partial charge in [-0.15, -0.1) is 0 Å². The lowest BCUT2D eigenvalue weighted by Gasteiger charge is -2.34. The summed E-state index contributed by atoms with van der Waals surface area (Å²) in [6.45, 7) is 8.49. The molecule has 1 fully saturated rings. The lowest BCUT2D eigenvalue weighted by molar-refractivity contribution is 0.0895. The Morgan fingerprint density at radius 2 is 2.19 bits per heavy atom. The van der Waals surface area contributed by atoms with Crippen LogP contribution in [0.4, 0.5) is 0 Å². The molecule has 0 radical (unpaired) electrons. The number of aryl methyl sites for hydroxylation is 1. The number of carbonyl (C=O) groups excluding carboxylic acids is 1. The summed E-state index contributed by atoms with van der Waals surface area (Å²) in [5.74, 6) is 0.990. The molecular formula is C17H25BrN2O. The third kappa shape index (κ3) is 4.30. The van der Waals surface area contributed by atoms with E-state index in [-0.39, 0.29) is 11.9 Å². The standard InChI is InChI=1S/C17H25BrN2O/c1-11(2)16(14-5-4-8-19-10-14)20-17(21)13-7-6-12(3)15(18)9-13/h6-7,9,11,14,16,19H,4-5,8,10H2,1-3H3,(H,20,21). The van der Waals surface area contributed by atoms with Crippen LogP contribution in [0.5, 0.6) is 0 Å². The topological polar surface area (TPSA) is 41.1 Å². The van der Waals surface area contributed by atoms with E-state index in [9.17, 15) is 4.79 Å². The van der Waals surface area contributed by atoms with Crippen molar-refractivity contribution in [2.24, 2.45) is 11.8 Å². The Morgan fingerprint density at radius 1 is 1.43 bits per heavy atom. The molecule has 1 heterocycles. The van der Waals surface area contributed by atoms with Gasteiger partial charge in [0, 0.05) is 16.1 Å². The van der Waals surface area contributed by atoms with E-state index < -0.39 is 0 Å². The highest BCUT2D eigenvalue weighted by atomic mass is 79.9. The third-order valence-electron chi connectivity index (χ3n) is 4.29. The molecule has 1 aromatic rings. The third-order valence-corrected chi connectivity index (χ3v) is 5.15. The van der Waals surface area contributed by atoms with E-state index >= 15 is 0 Å². The van der Waals surface area contributed by atoms with Crippen LogP contribution in [0.3, 0.4) is 0 Å². The fraction of sp³-hybridized carbons (Fsp3) is 0.588. The smallest absolute Gasteiger partial charge is 0.251 e. The van der Waals surface area contributed by atoms with Gasteiger partial charge in [-0.3, -0.25) is 4.79 Å². The van der Waals surface area contributed by atoms with E-state index in [2.05, 4.69) is 40.4 Å². The molecule has 0 saturated carbocycles. The minimum absolute atomic E-state index is 0.0278. The van der Waals surface area contributed by atoms with Crippen LogP contribution in [-0.2, 0) is 0 Å². The van der Waals surface area contributed by atoms with E-state index in [1.54, 1.807) is 0 Å². The van der Waals surface area contributed by atoms with Crippen LogP contribution in [0.1, 0.15) is 42.6 Å². The largest absolute Gasteiger partial charge is 0.349 e. The summed E-state index contributed by atoms with van der Waals surface area (Å²) < 4.78 is 0.982. The number of benzene rings is 1. The maximum atomic E-state index is 12.5. The lowest BCUT2D eigenvalue weighted by atomic mass is 9.85. The maximum absolute atomic E-state index is 12.5. The summed E-state index contributed by atoms with van der Waals surface area (Å²) in [7, 11) is 0. The Labute approximate surface area is 136 Å². The van der Waals surface area contributed by atoms with Gasteiger partial charge >= 0.3 is 0 Å². The zero-order valence-corrected chi connectivity index (χ0v) is 14.7. The van der Waals surface area contributed by atoms with Crippen molar-refractivity contribution in [3.05, 3.63) is 33.8 Å². The molecule has 1 amide bonds. The molecule has 0 spiro atoms. The number of hydrogen-bond donors (Lipinski definition) is 2. The van der Waals surface area contributed by atoms with E-state index in [1.807, 2.05) is 25.1 Å². The van der Waals surface area contributed by atoms with Gasteiger partial charge in [-0.1, -0.05) is 35.8 Å². The van der Waals surface area contributed by atoms with Crippen molar-refractivity contribution in [1.82, 2.24) is 10.6 Å². The van der Waals surface area contributed by atoms with Gasteiger partial charge in [0.2, 0.25) is 0 Å². The monoisotopic (exact) mass is 352 g/mol. The van der Waals surface area contributed by atoms with Crippen molar-refractivity contribution in [1.29, 1.82) is 0 Å². The summed E-state index contributed by atoms with van der Waals surface area (Å²) in [6.07, 6.45) is 2.38. The average molecular weight is 353 g/mol. The molecule has 2 atom stereocenters. The van der Waals surface area contributed by atoms with Gasteiger partial charge in [-0.25, -0.2) is 0 Å². The second kappa shape index (κ2) is 7.41. The Hall–Kier alpha value is -0.870. The second-order valence-corrected chi connectivity index (χ2v) is 7.17. The summed E-state index contributed by atoms with van der Waals surface area (Å²) in [6, 6.07) is 6.00. The fourth-order valence-electron chi connectivity index (χ4n) is 2.98. The molecule has 2 unspecified atom stereocenters. The van der Waals surface area contributed by atoms with E-state index in [1.165, 1.54) is 12.8 Å². The second-order valence-electron chi connectivity index (χ2n) is 6.31. The number of carbonyl (C=O) groups is 1. The van der Waals surface area contributed by atoms with Crippen LogP contribution < -0.4 is 10.6 Å². The molecule has 2 rings (SSSR count). The Bertz CT molecular complexity index is 496. The summed E-state index contributed by atoms with van der Waals surface area (Å²) >= 11 is 3.50. The highest BCUT2D eigenvalue weighted by Crippen LogP contribution is 2.22. The number of amides is 1. The summed E-state index contributed by atoms with van der Waals surface area (Å²) in [5, 5.41) is 6.69. The van der Waals surface area contributed by atoms with E-state index in [0.29, 0.717) is 11.8 Å². The van der Waals surface area contributed by atoms with Crippen molar-refractivity contribution >= 4 is 21.8 Å². The molecule has 3 nitrogen and oxygen atoms in total. The molecule has 1 aromatic carbocycles. The van der Waals surface area contributed by atoms with Gasteiger partial charge in [0.25, 0.3) is 5.91 Å². The maximum Gasteiger partial charge on any atom is 0.251 e. The van der Waals surface area contributed by atoms with Crippen molar-refractivity contribution < 1.29 is 4.79 Å². The molecule has 0 aromatic heterocycles. The van der Waals surface area contributed by atoms with E-state index in [0.717, 1.165) is 28.7 Å². The van der Waals surface area contributed by atoms with Crippen molar-refractivity contribution in [3.63, 3.8) is 0 Å². The van der Waals surface area contributed by atoms with Crippen LogP contribution in [0.2, 0.25) is 0 Å². The predicted molar refractivity (Wildman–Crippen MR) is 90.6 cm³/mol. The molecule has 21 heavy (non-hydrogen) atoms. The first-order valence-electron chi connectivity index (χ1n) is 7.76. The Balaban J connectivity index is 2.08. The highest BCUT2D eigenvalue weighted by Gasteiger charge is 2.27. The zero-order chi connectivity index (χ0) is 15.4. The Kier molecular flexibility index (Phi) is 5.82. The van der Waals surface area contributed by atoms with Crippen LogP contribution in [0.15, 0.2) is 22.7 Å². The minimum atomic E-state index is 0.0278. The van der Waals surface area contributed by atoms with Crippen LogP contribution in [0.25, 0.3) is 0 Å². The van der Waals surface area contributed by atoms with Gasteiger partial charge in [-0.2, -0.15) is 0 Å². The normalized spacial score (nSPS) is 20.3. The molecule has 2 N–H and O–H groups in total. The minimum Gasteiger partial charge on any atom is -0.349 e. The number of hydrogen-bond acceptors (Lipinski definition) is 2. The number of halogens is 1.